The van der Waals surface area contributed by atoms with Gasteiger partial charge in [0.1, 0.15) is 0 Å². The molecule has 9 heteroatoms. The summed E-state index contributed by atoms with van der Waals surface area (Å²) >= 11 is 11.8. The van der Waals surface area contributed by atoms with E-state index in [0.717, 1.165) is 5.56 Å². The Balaban J connectivity index is 1.59. The number of aromatic nitrogens is 2. The standard InChI is InChI=1S/C21H19Cl2N3O4/c1-12-4-3-5-15-19(12)24-11-26(21(15)29)9-8-18(27)30-13(2)20(28)25-17-7-6-14(22)10-16(17)23/h3-7,10-11,13H,8-9H2,1-2H3,(H,25,28). The SMILES string of the molecule is Cc1cccc2c(=O)n(CCC(=O)OC(C)C(=O)Nc3ccc(Cl)cc3Cl)cnc12. The Morgan fingerprint density at radius 3 is 2.73 bits per heavy atom. The first-order valence-electron chi connectivity index (χ1n) is 9.16. The van der Waals surface area contributed by atoms with Crippen LogP contribution in [0, 0.1) is 6.92 Å². The Morgan fingerprint density at radius 1 is 1.23 bits per heavy atom. The maximum atomic E-state index is 12.6. The van der Waals surface area contributed by atoms with Crippen LogP contribution in [0.3, 0.4) is 0 Å². The number of ether oxygens (including phenoxy) is 1. The van der Waals surface area contributed by atoms with Crippen LogP contribution in [0.5, 0.6) is 0 Å². The minimum absolute atomic E-state index is 0.0851. The van der Waals surface area contributed by atoms with E-state index in [2.05, 4.69) is 10.3 Å². The van der Waals surface area contributed by atoms with Crippen molar-refractivity contribution in [2.45, 2.75) is 32.9 Å². The monoisotopic (exact) mass is 447 g/mol. The van der Waals surface area contributed by atoms with E-state index in [-0.39, 0.29) is 23.5 Å². The zero-order valence-electron chi connectivity index (χ0n) is 16.3. The number of rotatable bonds is 6. The number of amides is 1. The minimum Gasteiger partial charge on any atom is -0.452 e. The fourth-order valence-electron chi connectivity index (χ4n) is 2.84. The third-order valence-electron chi connectivity index (χ3n) is 4.48. The molecular formula is C21H19Cl2N3O4. The van der Waals surface area contributed by atoms with Gasteiger partial charge in [0.15, 0.2) is 6.10 Å². The molecule has 0 bridgehead atoms. The van der Waals surface area contributed by atoms with Crippen molar-refractivity contribution in [1.29, 1.82) is 0 Å². The molecule has 1 aromatic heterocycles. The molecule has 3 rings (SSSR count). The fourth-order valence-corrected chi connectivity index (χ4v) is 3.30. The van der Waals surface area contributed by atoms with E-state index in [0.29, 0.717) is 21.6 Å². The number of hydrogen-bond acceptors (Lipinski definition) is 5. The Hall–Kier alpha value is -2.90. The molecule has 7 nitrogen and oxygen atoms in total. The van der Waals surface area contributed by atoms with Crippen molar-refractivity contribution >= 4 is 51.7 Å². The topological polar surface area (TPSA) is 90.3 Å². The minimum atomic E-state index is -1.04. The summed E-state index contributed by atoms with van der Waals surface area (Å²) in [5, 5.41) is 3.77. The van der Waals surface area contributed by atoms with Crippen LogP contribution >= 0.6 is 23.2 Å². The Bertz CT molecular complexity index is 1180. The van der Waals surface area contributed by atoms with E-state index in [4.69, 9.17) is 27.9 Å². The number of fused-ring (bicyclic) bond motifs is 1. The molecule has 0 aliphatic carbocycles. The van der Waals surface area contributed by atoms with Gasteiger partial charge in [0.25, 0.3) is 11.5 Å². The maximum Gasteiger partial charge on any atom is 0.308 e. The van der Waals surface area contributed by atoms with Crippen LogP contribution in [0.15, 0.2) is 47.5 Å². The van der Waals surface area contributed by atoms with Crippen LogP contribution in [0.2, 0.25) is 10.0 Å². The summed E-state index contributed by atoms with van der Waals surface area (Å²) in [6.07, 6.45) is 0.278. The van der Waals surface area contributed by atoms with Crippen molar-refractivity contribution in [3.05, 3.63) is 68.7 Å². The first-order valence-corrected chi connectivity index (χ1v) is 9.92. The lowest BCUT2D eigenvalue weighted by molar-refractivity contribution is -0.153. The molecule has 1 unspecified atom stereocenters. The number of para-hydroxylation sites is 1. The summed E-state index contributed by atoms with van der Waals surface area (Å²) in [4.78, 5) is 41.3. The van der Waals surface area contributed by atoms with Crippen LogP contribution in [0.4, 0.5) is 5.69 Å². The van der Waals surface area contributed by atoms with Gasteiger partial charge in [-0.25, -0.2) is 4.98 Å². The van der Waals surface area contributed by atoms with Gasteiger partial charge in [-0.1, -0.05) is 35.3 Å². The molecule has 0 saturated carbocycles. The second kappa shape index (κ2) is 9.28. The Labute approximate surface area is 182 Å². The van der Waals surface area contributed by atoms with Gasteiger partial charge in [0.2, 0.25) is 0 Å². The summed E-state index contributed by atoms with van der Waals surface area (Å²) < 4.78 is 6.51. The lowest BCUT2D eigenvalue weighted by atomic mass is 10.1. The Kier molecular flexibility index (Phi) is 6.74. The molecule has 30 heavy (non-hydrogen) atoms. The average Bonchev–Trinajstić information content (AvgIpc) is 2.70. The van der Waals surface area contributed by atoms with Crippen molar-refractivity contribution in [2.75, 3.05) is 5.32 Å². The average molecular weight is 448 g/mol. The quantitative estimate of drug-likeness (QED) is 0.577. The molecule has 1 heterocycles. The highest BCUT2D eigenvalue weighted by molar-refractivity contribution is 6.36. The smallest absolute Gasteiger partial charge is 0.308 e. The van der Waals surface area contributed by atoms with Crippen molar-refractivity contribution in [1.82, 2.24) is 9.55 Å². The maximum absolute atomic E-state index is 12.6. The van der Waals surface area contributed by atoms with Crippen LogP contribution in [0.1, 0.15) is 18.9 Å². The van der Waals surface area contributed by atoms with E-state index in [1.54, 1.807) is 24.3 Å². The summed E-state index contributed by atoms with van der Waals surface area (Å²) in [5.74, 6) is -1.15. The van der Waals surface area contributed by atoms with E-state index < -0.39 is 18.0 Å². The number of carbonyl (C=O) groups excluding carboxylic acids is 2. The molecule has 0 radical (unpaired) electrons. The van der Waals surface area contributed by atoms with E-state index in [1.165, 1.54) is 23.9 Å². The molecule has 0 saturated heterocycles. The van der Waals surface area contributed by atoms with Crippen LogP contribution in [-0.2, 0) is 20.9 Å². The van der Waals surface area contributed by atoms with Gasteiger partial charge in [-0.15, -0.1) is 0 Å². The number of nitrogens with zero attached hydrogens (tertiary/aromatic N) is 2. The zero-order valence-corrected chi connectivity index (χ0v) is 17.8. The number of anilines is 1. The molecule has 0 spiro atoms. The van der Waals surface area contributed by atoms with Crippen molar-refractivity contribution in [3.63, 3.8) is 0 Å². The number of nitrogens with one attached hydrogen (secondary N) is 1. The van der Waals surface area contributed by atoms with Gasteiger partial charge in [0, 0.05) is 11.6 Å². The largest absolute Gasteiger partial charge is 0.452 e. The van der Waals surface area contributed by atoms with Gasteiger partial charge in [-0.05, 0) is 43.7 Å². The zero-order chi connectivity index (χ0) is 21.8. The van der Waals surface area contributed by atoms with Gasteiger partial charge in [-0.3, -0.25) is 19.0 Å². The fraction of sp³-hybridized carbons (Fsp3) is 0.238. The molecule has 1 N–H and O–H groups in total. The summed E-state index contributed by atoms with van der Waals surface area (Å²) in [7, 11) is 0. The Morgan fingerprint density at radius 2 is 2.00 bits per heavy atom. The molecule has 3 aromatic rings. The van der Waals surface area contributed by atoms with Crippen LogP contribution in [0.25, 0.3) is 10.9 Å². The second-order valence-electron chi connectivity index (χ2n) is 6.71. The summed E-state index contributed by atoms with van der Waals surface area (Å²) in [6.45, 7) is 3.41. The molecule has 0 fully saturated rings. The second-order valence-corrected chi connectivity index (χ2v) is 7.55. The number of carbonyl (C=O) groups is 2. The van der Waals surface area contributed by atoms with Gasteiger partial charge >= 0.3 is 5.97 Å². The summed E-state index contributed by atoms with van der Waals surface area (Å²) in [6, 6.07) is 9.98. The van der Waals surface area contributed by atoms with Crippen molar-refractivity contribution < 1.29 is 14.3 Å². The number of hydrogen-bond donors (Lipinski definition) is 1. The van der Waals surface area contributed by atoms with Gasteiger partial charge < -0.3 is 10.1 Å². The first kappa shape index (κ1) is 21.8. The third kappa shape index (κ3) is 4.98. The molecular weight excluding hydrogens is 429 g/mol. The van der Waals surface area contributed by atoms with E-state index >= 15 is 0 Å². The van der Waals surface area contributed by atoms with Crippen molar-refractivity contribution in [2.24, 2.45) is 0 Å². The summed E-state index contributed by atoms with van der Waals surface area (Å²) in [5.41, 5.74) is 1.65. The van der Waals surface area contributed by atoms with Gasteiger partial charge in [0.05, 0.1) is 34.4 Å². The number of benzene rings is 2. The number of esters is 1. The highest BCUT2D eigenvalue weighted by atomic mass is 35.5. The van der Waals surface area contributed by atoms with E-state index in [1.807, 2.05) is 13.0 Å². The number of aryl methyl sites for hydroxylation is 2. The molecule has 1 amide bonds. The molecule has 1 atom stereocenters. The molecule has 0 aliphatic rings. The number of halogens is 2. The lowest BCUT2D eigenvalue weighted by Gasteiger charge is -2.14. The lowest BCUT2D eigenvalue weighted by Crippen LogP contribution is -2.31. The highest BCUT2D eigenvalue weighted by Gasteiger charge is 2.19. The van der Waals surface area contributed by atoms with Crippen LogP contribution in [-0.4, -0.2) is 27.5 Å². The molecule has 2 aromatic carbocycles. The third-order valence-corrected chi connectivity index (χ3v) is 5.03. The predicted molar refractivity (Wildman–Crippen MR) is 116 cm³/mol. The van der Waals surface area contributed by atoms with Crippen LogP contribution < -0.4 is 10.9 Å². The molecule has 156 valence electrons. The molecule has 0 aliphatic heterocycles. The predicted octanol–water partition coefficient (Wildman–Crippen LogP) is 3.97. The van der Waals surface area contributed by atoms with E-state index in [9.17, 15) is 14.4 Å². The highest BCUT2D eigenvalue weighted by Crippen LogP contribution is 2.25. The van der Waals surface area contributed by atoms with Crippen molar-refractivity contribution in [3.8, 4) is 0 Å². The normalized spacial score (nSPS) is 11.9. The van der Waals surface area contributed by atoms with Gasteiger partial charge in [-0.2, -0.15) is 0 Å². The first-order chi connectivity index (χ1) is 14.3.